The number of fused-ring (bicyclic) bond motifs is 1. The van der Waals surface area contributed by atoms with Crippen molar-refractivity contribution in [2.75, 3.05) is 11.8 Å². The van der Waals surface area contributed by atoms with Gasteiger partial charge in [0, 0.05) is 11.6 Å². The fourth-order valence-corrected chi connectivity index (χ4v) is 3.34. The molecule has 0 spiro atoms. The molecule has 1 heterocycles. The topological polar surface area (TPSA) is 85.4 Å². The van der Waals surface area contributed by atoms with Crippen molar-refractivity contribution in [3.63, 3.8) is 0 Å². The maximum Gasteiger partial charge on any atom is 0.337 e. The van der Waals surface area contributed by atoms with Gasteiger partial charge >= 0.3 is 5.97 Å². The summed E-state index contributed by atoms with van der Waals surface area (Å²) in [5.74, 6) is -0.523. The lowest BCUT2D eigenvalue weighted by Gasteiger charge is -2.10. The molecule has 0 atom stereocenters. The number of carbonyl (C=O) groups is 1. The Balaban J connectivity index is 1.95. The van der Waals surface area contributed by atoms with Crippen molar-refractivity contribution >= 4 is 32.6 Å². The van der Waals surface area contributed by atoms with E-state index >= 15 is 0 Å². The molecule has 3 rings (SSSR count). The van der Waals surface area contributed by atoms with Crippen LogP contribution in [0.2, 0.25) is 0 Å². The summed E-state index contributed by atoms with van der Waals surface area (Å²) in [6.45, 7) is 0. The molecule has 0 fully saturated rings. The maximum atomic E-state index is 12.5. The van der Waals surface area contributed by atoms with E-state index in [-0.39, 0.29) is 10.5 Å². The molecule has 0 radical (unpaired) electrons. The van der Waals surface area contributed by atoms with E-state index in [0.29, 0.717) is 11.2 Å². The molecule has 0 saturated heterocycles. The first-order valence-electron chi connectivity index (χ1n) is 7.06. The number of aromatic nitrogens is 1. The Morgan fingerprint density at radius 3 is 2.46 bits per heavy atom. The van der Waals surface area contributed by atoms with Gasteiger partial charge in [-0.25, -0.2) is 13.2 Å². The lowest BCUT2D eigenvalue weighted by Crippen LogP contribution is -2.13. The van der Waals surface area contributed by atoms with Gasteiger partial charge in [-0.15, -0.1) is 0 Å². The second-order valence-electron chi connectivity index (χ2n) is 5.00. The molecule has 2 aromatic carbocycles. The number of nitrogens with zero attached hydrogens (tertiary/aromatic N) is 1. The van der Waals surface area contributed by atoms with Crippen LogP contribution in [0, 0.1) is 0 Å². The van der Waals surface area contributed by atoms with Gasteiger partial charge in [-0.3, -0.25) is 9.71 Å². The first-order valence-corrected chi connectivity index (χ1v) is 8.54. The normalized spacial score (nSPS) is 11.2. The third kappa shape index (κ3) is 3.07. The van der Waals surface area contributed by atoms with Crippen LogP contribution in [-0.2, 0) is 14.8 Å². The fourth-order valence-electron chi connectivity index (χ4n) is 2.28. The van der Waals surface area contributed by atoms with Crippen LogP contribution in [0.4, 0.5) is 5.69 Å². The number of ether oxygens (including phenoxy) is 1. The number of esters is 1. The van der Waals surface area contributed by atoms with Crippen molar-refractivity contribution in [3.05, 3.63) is 66.4 Å². The van der Waals surface area contributed by atoms with E-state index in [0.717, 1.165) is 5.39 Å². The lowest BCUT2D eigenvalue weighted by atomic mass is 10.2. The number of para-hydroxylation sites is 1. The van der Waals surface area contributed by atoms with Gasteiger partial charge in [0.05, 0.1) is 28.8 Å². The minimum atomic E-state index is -3.80. The van der Waals surface area contributed by atoms with Crippen LogP contribution >= 0.6 is 0 Å². The molecule has 0 amide bonds. The second-order valence-corrected chi connectivity index (χ2v) is 6.68. The van der Waals surface area contributed by atoms with E-state index in [2.05, 4.69) is 14.4 Å². The Morgan fingerprint density at radius 1 is 1.04 bits per heavy atom. The summed E-state index contributed by atoms with van der Waals surface area (Å²) in [6.07, 6.45) is 1.60. The van der Waals surface area contributed by atoms with Crippen LogP contribution in [-0.4, -0.2) is 26.5 Å². The standard InChI is InChI=1S/C17H14N2O4S/c1-23-17(20)13-7-9-14(10-8-13)24(21,22)19-15-6-2-4-12-5-3-11-18-16(12)15/h2-11,19H,1H3. The molecule has 0 aliphatic rings. The molecule has 1 aromatic heterocycles. The molecule has 1 N–H and O–H groups in total. The Labute approximate surface area is 139 Å². The summed E-state index contributed by atoms with van der Waals surface area (Å²) in [7, 11) is -2.53. The highest BCUT2D eigenvalue weighted by molar-refractivity contribution is 7.92. The molecule has 7 heteroatoms. The van der Waals surface area contributed by atoms with Gasteiger partial charge in [-0.05, 0) is 36.4 Å². The second kappa shape index (κ2) is 6.29. The summed E-state index contributed by atoms with van der Waals surface area (Å²) in [4.78, 5) is 15.7. The maximum absolute atomic E-state index is 12.5. The lowest BCUT2D eigenvalue weighted by molar-refractivity contribution is 0.0600. The smallest absolute Gasteiger partial charge is 0.337 e. The third-order valence-electron chi connectivity index (χ3n) is 3.46. The average Bonchev–Trinajstić information content (AvgIpc) is 2.61. The number of pyridine rings is 1. The summed E-state index contributed by atoms with van der Waals surface area (Å²) in [5.41, 5.74) is 1.24. The van der Waals surface area contributed by atoms with Gasteiger partial charge < -0.3 is 4.74 Å². The predicted molar refractivity (Wildman–Crippen MR) is 90.3 cm³/mol. The number of rotatable bonds is 4. The number of nitrogens with one attached hydrogen (secondary N) is 1. The minimum absolute atomic E-state index is 0.0445. The zero-order chi connectivity index (χ0) is 17.2. The van der Waals surface area contributed by atoms with Gasteiger partial charge in [0.15, 0.2) is 0 Å². The Kier molecular flexibility index (Phi) is 4.18. The molecular formula is C17H14N2O4S. The number of carbonyl (C=O) groups excluding carboxylic acids is 1. The third-order valence-corrected chi connectivity index (χ3v) is 4.84. The summed E-state index contributed by atoms with van der Waals surface area (Å²) < 4.78 is 32.2. The zero-order valence-electron chi connectivity index (χ0n) is 12.8. The quantitative estimate of drug-likeness (QED) is 0.737. The minimum Gasteiger partial charge on any atom is -0.465 e. The van der Waals surface area contributed by atoms with Crippen LogP contribution in [0.25, 0.3) is 10.9 Å². The van der Waals surface area contributed by atoms with Gasteiger partial charge in [0.25, 0.3) is 10.0 Å². The first kappa shape index (κ1) is 15.9. The summed E-state index contributed by atoms with van der Waals surface area (Å²) >= 11 is 0. The Hall–Kier alpha value is -2.93. The molecule has 0 unspecified atom stereocenters. The van der Waals surface area contributed by atoms with Gasteiger partial charge in [-0.2, -0.15) is 0 Å². The Bertz CT molecular complexity index is 993. The number of anilines is 1. The van der Waals surface area contributed by atoms with Crippen LogP contribution in [0.5, 0.6) is 0 Å². The number of hydrogen-bond donors (Lipinski definition) is 1. The summed E-state index contributed by atoms with van der Waals surface area (Å²) in [5, 5.41) is 0.832. The van der Waals surface area contributed by atoms with Gasteiger partial charge in [0.1, 0.15) is 0 Å². The SMILES string of the molecule is COC(=O)c1ccc(S(=O)(=O)Nc2cccc3cccnc23)cc1. The number of benzene rings is 2. The molecule has 6 nitrogen and oxygen atoms in total. The number of sulfonamides is 1. The van der Waals surface area contributed by atoms with E-state index < -0.39 is 16.0 Å². The van der Waals surface area contributed by atoms with Crippen LogP contribution < -0.4 is 4.72 Å². The highest BCUT2D eigenvalue weighted by Crippen LogP contribution is 2.24. The molecule has 3 aromatic rings. The molecule has 0 saturated carbocycles. The Morgan fingerprint density at radius 2 is 1.75 bits per heavy atom. The van der Waals surface area contributed by atoms with Crippen LogP contribution in [0.15, 0.2) is 65.7 Å². The van der Waals surface area contributed by atoms with E-state index in [9.17, 15) is 13.2 Å². The highest BCUT2D eigenvalue weighted by atomic mass is 32.2. The van der Waals surface area contributed by atoms with Crippen molar-refractivity contribution in [3.8, 4) is 0 Å². The summed E-state index contributed by atoms with van der Waals surface area (Å²) in [6, 6.07) is 14.4. The van der Waals surface area contributed by atoms with Crippen LogP contribution in [0.3, 0.4) is 0 Å². The predicted octanol–water partition coefficient (Wildman–Crippen LogP) is 2.82. The van der Waals surface area contributed by atoms with Gasteiger partial charge in [0.2, 0.25) is 0 Å². The number of hydrogen-bond acceptors (Lipinski definition) is 5. The number of methoxy groups -OCH3 is 1. The average molecular weight is 342 g/mol. The first-order chi connectivity index (χ1) is 11.5. The van der Waals surface area contributed by atoms with Gasteiger partial charge in [-0.1, -0.05) is 18.2 Å². The van der Waals surface area contributed by atoms with Crippen molar-refractivity contribution in [1.29, 1.82) is 0 Å². The van der Waals surface area contributed by atoms with Crippen molar-refractivity contribution in [2.24, 2.45) is 0 Å². The van der Waals surface area contributed by atoms with Crippen molar-refractivity contribution < 1.29 is 17.9 Å². The molecule has 0 aliphatic carbocycles. The molecule has 0 aliphatic heterocycles. The zero-order valence-corrected chi connectivity index (χ0v) is 13.6. The fraction of sp³-hybridized carbons (Fsp3) is 0.0588. The highest BCUT2D eigenvalue weighted by Gasteiger charge is 2.17. The van der Waals surface area contributed by atoms with E-state index in [1.54, 1.807) is 24.4 Å². The van der Waals surface area contributed by atoms with E-state index in [1.165, 1.54) is 31.4 Å². The molecular weight excluding hydrogens is 328 g/mol. The molecule has 0 bridgehead atoms. The van der Waals surface area contributed by atoms with Crippen molar-refractivity contribution in [2.45, 2.75) is 4.90 Å². The largest absolute Gasteiger partial charge is 0.465 e. The molecule has 24 heavy (non-hydrogen) atoms. The van der Waals surface area contributed by atoms with Crippen molar-refractivity contribution in [1.82, 2.24) is 4.98 Å². The monoisotopic (exact) mass is 342 g/mol. The van der Waals surface area contributed by atoms with E-state index in [1.807, 2.05) is 12.1 Å². The van der Waals surface area contributed by atoms with E-state index in [4.69, 9.17) is 0 Å². The van der Waals surface area contributed by atoms with Crippen LogP contribution in [0.1, 0.15) is 10.4 Å². The molecule has 122 valence electrons.